The monoisotopic (exact) mass is 368 g/mol. The number of phenols is 1. The van der Waals surface area contributed by atoms with Crippen LogP contribution in [0.2, 0.25) is 0 Å². The number of carbonyl (C=O) groups excluding carboxylic acids is 2. The highest BCUT2D eigenvalue weighted by molar-refractivity contribution is 5.95. The molecule has 0 spiro atoms. The second kappa shape index (κ2) is 8.62. The average molecular weight is 368 g/mol. The van der Waals surface area contributed by atoms with E-state index in [-0.39, 0.29) is 5.75 Å². The third-order valence-corrected chi connectivity index (χ3v) is 3.16. The third kappa shape index (κ3) is 5.31. The minimum absolute atomic E-state index is 0.00696. The lowest BCUT2D eigenvalue weighted by atomic mass is 9.92. The summed E-state index contributed by atoms with van der Waals surface area (Å²) >= 11 is 0. The molecule has 2 atom stereocenters. The molecule has 0 aliphatic rings. The fraction of sp³-hybridized carbons (Fsp3) is 0.250. The maximum absolute atomic E-state index is 11.8. The Labute approximate surface area is 146 Å². The molecule has 10 heteroatoms. The number of carboxylic acids is 2. The largest absolute Gasteiger partial charge is 0.508 e. The summed E-state index contributed by atoms with van der Waals surface area (Å²) in [4.78, 5) is 45.6. The van der Waals surface area contributed by atoms with Crippen LogP contribution in [0.3, 0.4) is 0 Å². The van der Waals surface area contributed by atoms with Crippen LogP contribution in [-0.2, 0) is 28.7 Å². The van der Waals surface area contributed by atoms with Gasteiger partial charge in [-0.05, 0) is 23.8 Å². The van der Waals surface area contributed by atoms with Crippen LogP contribution in [0.4, 0.5) is 0 Å². The number of aliphatic hydroxyl groups is 1. The Morgan fingerprint density at radius 2 is 1.73 bits per heavy atom. The van der Waals surface area contributed by atoms with Gasteiger partial charge in [0.25, 0.3) is 0 Å². The number of carboxylic acid groups (broad SMARTS) is 2. The minimum Gasteiger partial charge on any atom is -0.508 e. The van der Waals surface area contributed by atoms with Gasteiger partial charge < -0.3 is 29.9 Å². The van der Waals surface area contributed by atoms with Crippen LogP contribution >= 0.6 is 0 Å². The highest BCUT2D eigenvalue weighted by Gasteiger charge is 2.53. The smallest absolute Gasteiger partial charge is 0.348 e. The molecule has 140 valence electrons. The van der Waals surface area contributed by atoms with Gasteiger partial charge in [-0.15, -0.1) is 0 Å². The van der Waals surface area contributed by atoms with E-state index in [4.69, 9.17) is 15.3 Å². The molecule has 0 unspecified atom stereocenters. The number of hydrogen-bond acceptors (Lipinski definition) is 8. The van der Waals surface area contributed by atoms with Gasteiger partial charge in [0, 0.05) is 6.08 Å². The number of ether oxygens (including phenoxy) is 2. The molecule has 0 aromatic heterocycles. The van der Waals surface area contributed by atoms with E-state index in [0.29, 0.717) is 5.56 Å². The van der Waals surface area contributed by atoms with Crippen molar-refractivity contribution in [2.75, 3.05) is 7.11 Å². The molecule has 0 heterocycles. The molecule has 26 heavy (non-hydrogen) atoms. The van der Waals surface area contributed by atoms with E-state index in [1.165, 1.54) is 30.3 Å². The van der Waals surface area contributed by atoms with E-state index in [0.717, 1.165) is 13.2 Å². The van der Waals surface area contributed by atoms with Crippen molar-refractivity contribution in [2.24, 2.45) is 0 Å². The maximum Gasteiger partial charge on any atom is 0.348 e. The van der Waals surface area contributed by atoms with Crippen molar-refractivity contribution >= 4 is 30.0 Å². The highest BCUT2D eigenvalue weighted by Crippen LogP contribution is 2.22. The summed E-state index contributed by atoms with van der Waals surface area (Å²) < 4.78 is 8.78. The number of aromatic hydroxyl groups is 1. The van der Waals surface area contributed by atoms with E-state index >= 15 is 0 Å². The molecule has 0 aliphatic carbocycles. The van der Waals surface area contributed by atoms with Gasteiger partial charge >= 0.3 is 23.9 Å². The molecule has 0 aliphatic heterocycles. The molecular weight excluding hydrogens is 352 g/mol. The van der Waals surface area contributed by atoms with Crippen molar-refractivity contribution in [1.82, 2.24) is 0 Å². The molecule has 1 rings (SSSR count). The standard InChI is InChI=1S/C16H16O10/c1-25-15(23)16(24,8-11(18)19)13(14(21)22)26-12(20)7-4-9-2-5-10(17)6-3-9/h2-7,13,17,24H,8H2,1H3,(H,18,19)(H,21,22)/b7-4+/t13-,16+/m0/s1. The van der Waals surface area contributed by atoms with Gasteiger partial charge in [-0.2, -0.15) is 0 Å². The predicted molar refractivity (Wildman–Crippen MR) is 83.9 cm³/mol. The van der Waals surface area contributed by atoms with Crippen LogP contribution in [0.15, 0.2) is 30.3 Å². The quantitative estimate of drug-likeness (QED) is 0.355. The SMILES string of the molecule is COC(=O)[C@@](O)(CC(=O)O)[C@@H](OC(=O)/C=C/c1ccc(O)cc1)C(=O)O. The maximum atomic E-state index is 11.8. The number of rotatable bonds is 8. The number of carbonyl (C=O) groups is 4. The number of benzene rings is 1. The van der Waals surface area contributed by atoms with Crippen molar-refractivity contribution in [3.63, 3.8) is 0 Å². The number of methoxy groups -OCH3 is 1. The molecule has 0 fully saturated rings. The molecule has 0 saturated carbocycles. The first-order valence-corrected chi connectivity index (χ1v) is 7.03. The van der Waals surface area contributed by atoms with Crippen LogP contribution in [0, 0.1) is 0 Å². The van der Waals surface area contributed by atoms with Gasteiger partial charge in [-0.25, -0.2) is 14.4 Å². The topological polar surface area (TPSA) is 168 Å². The number of hydrogen-bond donors (Lipinski definition) is 4. The second-order valence-corrected chi connectivity index (χ2v) is 5.07. The average Bonchev–Trinajstić information content (AvgIpc) is 2.57. The zero-order valence-corrected chi connectivity index (χ0v) is 13.5. The van der Waals surface area contributed by atoms with Gasteiger partial charge in [-0.1, -0.05) is 12.1 Å². The van der Waals surface area contributed by atoms with E-state index in [9.17, 15) is 24.3 Å². The van der Waals surface area contributed by atoms with E-state index in [2.05, 4.69) is 9.47 Å². The Hall–Kier alpha value is -3.40. The van der Waals surface area contributed by atoms with Crippen molar-refractivity contribution in [1.29, 1.82) is 0 Å². The lowest BCUT2D eigenvalue weighted by Gasteiger charge is -2.28. The van der Waals surface area contributed by atoms with Crippen LogP contribution in [0.5, 0.6) is 5.75 Å². The lowest BCUT2D eigenvalue weighted by Crippen LogP contribution is -2.56. The molecule has 1 aromatic carbocycles. The molecule has 10 nitrogen and oxygen atoms in total. The predicted octanol–water partition coefficient (Wildman–Crippen LogP) is -0.219. The van der Waals surface area contributed by atoms with Crippen molar-refractivity contribution < 1.29 is 49.1 Å². The van der Waals surface area contributed by atoms with E-state index in [1.807, 2.05) is 0 Å². The second-order valence-electron chi connectivity index (χ2n) is 5.07. The fourth-order valence-corrected chi connectivity index (χ4v) is 1.94. The molecule has 0 bridgehead atoms. The molecule has 0 saturated heterocycles. The molecule has 0 amide bonds. The summed E-state index contributed by atoms with van der Waals surface area (Å²) in [5, 5.41) is 37.3. The van der Waals surface area contributed by atoms with Gasteiger partial charge in [0.15, 0.2) is 0 Å². The molecule has 0 radical (unpaired) electrons. The third-order valence-electron chi connectivity index (χ3n) is 3.16. The van der Waals surface area contributed by atoms with Gasteiger partial charge in [0.2, 0.25) is 11.7 Å². The summed E-state index contributed by atoms with van der Waals surface area (Å²) in [5.41, 5.74) is -2.66. The summed E-state index contributed by atoms with van der Waals surface area (Å²) in [5.74, 6) is -6.49. The summed E-state index contributed by atoms with van der Waals surface area (Å²) in [6.45, 7) is 0. The number of aliphatic carboxylic acids is 2. The van der Waals surface area contributed by atoms with Crippen molar-refractivity contribution in [3.05, 3.63) is 35.9 Å². The molecule has 1 aromatic rings. The normalized spacial score (nSPS) is 14.2. The first-order chi connectivity index (χ1) is 12.1. The van der Waals surface area contributed by atoms with Crippen LogP contribution < -0.4 is 0 Å². The molecular formula is C16H16O10. The fourth-order valence-electron chi connectivity index (χ4n) is 1.94. The Morgan fingerprint density at radius 1 is 1.15 bits per heavy atom. The Balaban J connectivity index is 3.02. The van der Waals surface area contributed by atoms with Gasteiger partial charge in [0.1, 0.15) is 5.75 Å². The van der Waals surface area contributed by atoms with Crippen LogP contribution in [-0.4, -0.2) is 63.1 Å². The van der Waals surface area contributed by atoms with Crippen molar-refractivity contribution in [2.45, 2.75) is 18.1 Å². The van der Waals surface area contributed by atoms with Gasteiger partial charge in [0.05, 0.1) is 13.5 Å². The lowest BCUT2D eigenvalue weighted by molar-refractivity contribution is -0.197. The highest BCUT2D eigenvalue weighted by atomic mass is 16.6. The van der Waals surface area contributed by atoms with Crippen LogP contribution in [0.1, 0.15) is 12.0 Å². The van der Waals surface area contributed by atoms with E-state index in [1.54, 1.807) is 0 Å². The first-order valence-electron chi connectivity index (χ1n) is 7.03. The Morgan fingerprint density at radius 3 is 2.19 bits per heavy atom. The van der Waals surface area contributed by atoms with Crippen LogP contribution in [0.25, 0.3) is 6.08 Å². The van der Waals surface area contributed by atoms with Crippen molar-refractivity contribution in [3.8, 4) is 5.75 Å². The number of esters is 2. The van der Waals surface area contributed by atoms with E-state index < -0.39 is 42.0 Å². The Bertz CT molecular complexity index is 721. The molecule has 4 N–H and O–H groups in total. The Kier molecular flexibility index (Phi) is 6.85. The first kappa shape index (κ1) is 20.6. The van der Waals surface area contributed by atoms with Gasteiger partial charge in [-0.3, -0.25) is 4.79 Å². The zero-order valence-electron chi connectivity index (χ0n) is 13.5. The summed E-state index contributed by atoms with van der Waals surface area (Å²) in [6.07, 6.45) is -1.84. The summed E-state index contributed by atoms with van der Waals surface area (Å²) in [6, 6.07) is 5.58. The summed E-state index contributed by atoms with van der Waals surface area (Å²) in [7, 11) is 0.806. The minimum atomic E-state index is -3.12. The zero-order chi connectivity index (χ0) is 19.9. The number of phenolic OH excluding ortho intramolecular Hbond substituents is 1.